The van der Waals surface area contributed by atoms with E-state index in [1.54, 1.807) is 0 Å². The molecular weight excluding hydrogens is 312 g/mol. The number of hydrogen-bond acceptors (Lipinski definition) is 4. The number of carboxylic acid groups (broad SMARTS) is 1. The number of halogens is 2. The smallest absolute Gasteiger partial charge is 0.387 e. The molecule has 1 aromatic rings. The van der Waals surface area contributed by atoms with Gasteiger partial charge in [-0.15, -0.1) is 0 Å². The van der Waals surface area contributed by atoms with Gasteiger partial charge >= 0.3 is 12.6 Å². The molecule has 0 fully saturated rings. The van der Waals surface area contributed by atoms with Gasteiger partial charge in [0.1, 0.15) is 6.04 Å². The molecule has 1 atom stereocenters. The SMILES string of the molecule is COc1cc(C(=O)NC(CC(C)C)C(=O)O)ccc1OC(F)F. The molecule has 0 aliphatic carbocycles. The van der Waals surface area contributed by atoms with Gasteiger partial charge in [0, 0.05) is 5.56 Å². The van der Waals surface area contributed by atoms with E-state index >= 15 is 0 Å². The minimum absolute atomic E-state index is 0.0475. The lowest BCUT2D eigenvalue weighted by molar-refractivity contribution is -0.139. The first-order chi connectivity index (χ1) is 10.7. The first-order valence-electron chi connectivity index (χ1n) is 6.91. The zero-order valence-electron chi connectivity index (χ0n) is 13.0. The maximum absolute atomic E-state index is 12.3. The average molecular weight is 331 g/mol. The summed E-state index contributed by atoms with van der Waals surface area (Å²) in [5.74, 6) is -1.96. The van der Waals surface area contributed by atoms with E-state index in [4.69, 9.17) is 9.84 Å². The lowest BCUT2D eigenvalue weighted by atomic mass is 10.0. The van der Waals surface area contributed by atoms with Crippen molar-refractivity contribution in [2.75, 3.05) is 7.11 Å². The third-order valence-electron chi connectivity index (χ3n) is 2.95. The van der Waals surface area contributed by atoms with Crippen LogP contribution in [0.15, 0.2) is 18.2 Å². The second-order valence-electron chi connectivity index (χ2n) is 5.24. The lowest BCUT2D eigenvalue weighted by Gasteiger charge is -2.17. The summed E-state index contributed by atoms with van der Waals surface area (Å²) in [5.41, 5.74) is 0.0819. The van der Waals surface area contributed by atoms with E-state index in [0.717, 1.165) is 6.07 Å². The van der Waals surface area contributed by atoms with Crippen LogP contribution >= 0.6 is 0 Å². The zero-order chi connectivity index (χ0) is 17.6. The fourth-order valence-corrected chi connectivity index (χ4v) is 1.94. The van der Waals surface area contributed by atoms with Crippen LogP contribution in [0.3, 0.4) is 0 Å². The molecule has 0 radical (unpaired) electrons. The fourth-order valence-electron chi connectivity index (χ4n) is 1.94. The molecule has 1 aromatic carbocycles. The van der Waals surface area contributed by atoms with Crippen molar-refractivity contribution in [2.24, 2.45) is 5.92 Å². The summed E-state index contributed by atoms with van der Waals surface area (Å²) in [6.07, 6.45) is 0.269. The molecule has 6 nitrogen and oxygen atoms in total. The van der Waals surface area contributed by atoms with Crippen molar-refractivity contribution in [3.05, 3.63) is 23.8 Å². The van der Waals surface area contributed by atoms with Gasteiger partial charge in [-0.3, -0.25) is 4.79 Å². The summed E-state index contributed by atoms with van der Waals surface area (Å²) in [4.78, 5) is 23.3. The summed E-state index contributed by atoms with van der Waals surface area (Å²) in [6, 6.07) is 2.59. The Bertz CT molecular complexity index is 563. The maximum atomic E-state index is 12.3. The molecule has 0 bridgehead atoms. The van der Waals surface area contributed by atoms with E-state index in [1.807, 2.05) is 13.8 Å². The summed E-state index contributed by atoms with van der Waals surface area (Å²) in [7, 11) is 1.24. The van der Waals surface area contributed by atoms with Crippen molar-refractivity contribution in [1.29, 1.82) is 0 Å². The van der Waals surface area contributed by atoms with Gasteiger partial charge in [0.2, 0.25) is 0 Å². The Kier molecular flexibility index (Phi) is 6.74. The highest BCUT2D eigenvalue weighted by atomic mass is 19.3. The van der Waals surface area contributed by atoms with Crippen molar-refractivity contribution >= 4 is 11.9 Å². The van der Waals surface area contributed by atoms with Crippen LogP contribution in [-0.4, -0.2) is 36.7 Å². The first kappa shape index (κ1) is 18.7. The monoisotopic (exact) mass is 331 g/mol. The summed E-state index contributed by atoms with van der Waals surface area (Å²) in [5, 5.41) is 11.5. The number of carbonyl (C=O) groups excluding carboxylic acids is 1. The number of aliphatic carboxylic acids is 1. The minimum atomic E-state index is -3.02. The molecule has 1 amide bonds. The summed E-state index contributed by atoms with van der Waals surface area (Å²) in [6.45, 7) is 0.648. The quantitative estimate of drug-likeness (QED) is 0.764. The van der Waals surface area contributed by atoms with E-state index in [0.29, 0.717) is 0 Å². The fraction of sp³-hybridized carbons (Fsp3) is 0.467. The van der Waals surface area contributed by atoms with Crippen LogP contribution in [0.5, 0.6) is 11.5 Å². The van der Waals surface area contributed by atoms with Crippen LogP contribution in [0.4, 0.5) is 8.78 Å². The molecule has 1 rings (SSSR count). The summed E-state index contributed by atoms with van der Waals surface area (Å²) >= 11 is 0. The van der Waals surface area contributed by atoms with Crippen LogP contribution in [0.25, 0.3) is 0 Å². The van der Waals surface area contributed by atoms with Gasteiger partial charge in [-0.2, -0.15) is 8.78 Å². The Balaban J connectivity index is 2.92. The van der Waals surface area contributed by atoms with Gasteiger partial charge in [0.25, 0.3) is 5.91 Å². The molecule has 0 spiro atoms. The molecule has 8 heteroatoms. The van der Waals surface area contributed by atoms with Crippen molar-refractivity contribution in [3.8, 4) is 11.5 Å². The molecule has 1 unspecified atom stereocenters. The zero-order valence-corrected chi connectivity index (χ0v) is 13.0. The number of rotatable bonds is 8. The van der Waals surface area contributed by atoms with E-state index in [9.17, 15) is 18.4 Å². The number of methoxy groups -OCH3 is 1. The molecule has 23 heavy (non-hydrogen) atoms. The summed E-state index contributed by atoms with van der Waals surface area (Å²) < 4.78 is 33.7. The van der Waals surface area contributed by atoms with Gasteiger partial charge in [0.05, 0.1) is 7.11 Å². The number of alkyl halides is 2. The van der Waals surface area contributed by atoms with Crippen molar-refractivity contribution in [1.82, 2.24) is 5.32 Å². The van der Waals surface area contributed by atoms with Gasteiger partial charge in [0.15, 0.2) is 11.5 Å². The number of carbonyl (C=O) groups is 2. The Morgan fingerprint density at radius 3 is 2.39 bits per heavy atom. The Morgan fingerprint density at radius 2 is 1.91 bits per heavy atom. The van der Waals surface area contributed by atoms with Crippen LogP contribution in [0.1, 0.15) is 30.6 Å². The maximum Gasteiger partial charge on any atom is 0.387 e. The molecule has 0 heterocycles. The number of ether oxygens (including phenoxy) is 2. The number of benzene rings is 1. The molecule has 2 N–H and O–H groups in total. The van der Waals surface area contributed by atoms with Crippen LogP contribution in [-0.2, 0) is 4.79 Å². The number of carboxylic acids is 1. The minimum Gasteiger partial charge on any atom is -0.493 e. The van der Waals surface area contributed by atoms with Gasteiger partial charge in [-0.1, -0.05) is 13.8 Å². The molecular formula is C15H19F2NO5. The highest BCUT2D eigenvalue weighted by Gasteiger charge is 2.22. The molecule has 0 aliphatic heterocycles. The third kappa shape index (κ3) is 5.72. The third-order valence-corrected chi connectivity index (χ3v) is 2.95. The number of hydrogen-bond donors (Lipinski definition) is 2. The van der Waals surface area contributed by atoms with E-state index in [1.165, 1.54) is 19.2 Å². The lowest BCUT2D eigenvalue weighted by Crippen LogP contribution is -2.41. The van der Waals surface area contributed by atoms with Crippen molar-refractivity contribution in [2.45, 2.75) is 32.9 Å². The van der Waals surface area contributed by atoms with E-state index in [-0.39, 0.29) is 29.4 Å². The van der Waals surface area contributed by atoms with Gasteiger partial charge < -0.3 is 19.9 Å². The molecule has 0 saturated heterocycles. The predicted molar refractivity (Wildman–Crippen MR) is 78.0 cm³/mol. The average Bonchev–Trinajstić information content (AvgIpc) is 2.45. The second-order valence-corrected chi connectivity index (χ2v) is 5.24. The van der Waals surface area contributed by atoms with Crippen LogP contribution in [0.2, 0.25) is 0 Å². The van der Waals surface area contributed by atoms with Crippen LogP contribution in [0, 0.1) is 5.92 Å². The highest BCUT2D eigenvalue weighted by Crippen LogP contribution is 2.29. The normalized spacial score (nSPS) is 12.1. The Morgan fingerprint density at radius 1 is 1.26 bits per heavy atom. The topological polar surface area (TPSA) is 84.9 Å². The Hall–Kier alpha value is -2.38. The second kappa shape index (κ2) is 8.30. The van der Waals surface area contributed by atoms with Gasteiger partial charge in [-0.05, 0) is 30.5 Å². The molecule has 0 aliphatic rings. The van der Waals surface area contributed by atoms with E-state index in [2.05, 4.69) is 10.1 Å². The predicted octanol–water partition coefficient (Wildman–Crippen LogP) is 2.53. The standard InChI is InChI=1S/C15H19F2NO5/c1-8(2)6-10(14(20)21)18-13(19)9-4-5-11(23-15(16)17)12(7-9)22-3/h4-5,7-8,10,15H,6H2,1-3H3,(H,18,19)(H,20,21). The van der Waals surface area contributed by atoms with E-state index < -0.39 is 24.5 Å². The number of nitrogens with one attached hydrogen (secondary N) is 1. The Labute approximate surface area is 132 Å². The molecule has 0 saturated carbocycles. The first-order valence-corrected chi connectivity index (χ1v) is 6.91. The number of amides is 1. The van der Waals surface area contributed by atoms with Crippen LogP contribution < -0.4 is 14.8 Å². The largest absolute Gasteiger partial charge is 0.493 e. The van der Waals surface area contributed by atoms with Gasteiger partial charge in [-0.25, -0.2) is 4.79 Å². The molecule has 128 valence electrons. The van der Waals surface area contributed by atoms with Crippen molar-refractivity contribution in [3.63, 3.8) is 0 Å². The molecule has 0 aromatic heterocycles. The highest BCUT2D eigenvalue weighted by molar-refractivity contribution is 5.97. The van der Waals surface area contributed by atoms with Crippen molar-refractivity contribution < 1.29 is 33.0 Å².